The third-order valence-corrected chi connectivity index (χ3v) is 3.37. The average molecular weight is 343 g/mol. The molecule has 18 heavy (non-hydrogen) atoms. The highest BCUT2D eigenvalue weighted by Gasteiger charge is 2.03. The van der Waals surface area contributed by atoms with Gasteiger partial charge in [-0.15, -0.1) is 0 Å². The molecule has 1 heterocycles. The molecule has 3 N–H and O–H groups in total. The fourth-order valence-corrected chi connectivity index (χ4v) is 2.29. The zero-order chi connectivity index (χ0) is 13.1. The van der Waals surface area contributed by atoms with Crippen LogP contribution < -0.4 is 11.1 Å². The second-order valence-corrected chi connectivity index (χ2v) is 5.27. The van der Waals surface area contributed by atoms with E-state index < -0.39 is 0 Å². The molecule has 3 nitrogen and oxygen atoms in total. The largest absolute Gasteiger partial charge is 0.389 e. The van der Waals surface area contributed by atoms with Crippen LogP contribution in [0.5, 0.6) is 0 Å². The normalized spacial score (nSPS) is 10.1. The van der Waals surface area contributed by atoms with E-state index in [9.17, 15) is 0 Å². The van der Waals surface area contributed by atoms with Gasteiger partial charge < -0.3 is 11.1 Å². The Balaban J connectivity index is 2.28. The van der Waals surface area contributed by atoms with Crippen LogP contribution in [0.25, 0.3) is 0 Å². The van der Waals surface area contributed by atoms with Crippen LogP contribution >= 0.6 is 39.7 Å². The zero-order valence-corrected chi connectivity index (χ0v) is 12.3. The molecule has 0 unspecified atom stereocenters. The molecule has 0 aliphatic heterocycles. The summed E-state index contributed by atoms with van der Waals surface area (Å²) in [5, 5.41) is 3.83. The first-order valence-electron chi connectivity index (χ1n) is 5.04. The van der Waals surface area contributed by atoms with Gasteiger partial charge in [0.25, 0.3) is 0 Å². The van der Waals surface area contributed by atoms with E-state index in [1.165, 1.54) is 0 Å². The second kappa shape index (κ2) is 5.65. The third kappa shape index (κ3) is 3.19. The van der Waals surface area contributed by atoms with Crippen LogP contribution in [0.1, 0.15) is 5.56 Å². The van der Waals surface area contributed by atoms with E-state index in [1.54, 1.807) is 30.5 Å². The minimum Gasteiger partial charge on any atom is -0.389 e. The molecule has 0 fully saturated rings. The molecule has 1 aromatic carbocycles. The van der Waals surface area contributed by atoms with Crippen LogP contribution in [-0.4, -0.2) is 9.97 Å². The van der Waals surface area contributed by atoms with Gasteiger partial charge in [-0.25, -0.2) is 4.98 Å². The van der Waals surface area contributed by atoms with Crippen molar-refractivity contribution in [1.82, 2.24) is 4.98 Å². The Hall–Kier alpha value is -1.17. The molecule has 6 heteroatoms. The first-order chi connectivity index (χ1) is 8.56. The lowest BCUT2D eigenvalue weighted by molar-refractivity contribution is 1.30. The standard InChI is InChI=1S/C12H9BrClN3S/c13-9-6-8(14)1-2-10(9)17-11-5-7(12(15)18)3-4-16-11/h1-6H,(H2,15,18)(H,16,17). The van der Waals surface area contributed by atoms with E-state index in [-0.39, 0.29) is 0 Å². The fraction of sp³-hybridized carbons (Fsp3) is 0. The second-order valence-electron chi connectivity index (χ2n) is 3.54. The lowest BCUT2D eigenvalue weighted by atomic mass is 10.2. The van der Waals surface area contributed by atoms with Gasteiger partial charge in [-0.2, -0.15) is 0 Å². The number of aromatic nitrogens is 1. The van der Waals surface area contributed by atoms with Gasteiger partial charge in [0.2, 0.25) is 0 Å². The summed E-state index contributed by atoms with van der Waals surface area (Å²) in [6, 6.07) is 9.03. The minimum absolute atomic E-state index is 0.343. The highest BCUT2D eigenvalue weighted by atomic mass is 79.9. The van der Waals surface area contributed by atoms with Crippen molar-refractivity contribution in [2.45, 2.75) is 0 Å². The van der Waals surface area contributed by atoms with E-state index in [1.807, 2.05) is 6.07 Å². The highest BCUT2D eigenvalue weighted by molar-refractivity contribution is 9.10. The topological polar surface area (TPSA) is 50.9 Å². The Morgan fingerprint density at radius 1 is 1.33 bits per heavy atom. The molecule has 0 spiro atoms. The molecule has 0 radical (unpaired) electrons. The molecule has 92 valence electrons. The molecule has 2 rings (SSSR count). The maximum atomic E-state index is 5.88. The van der Waals surface area contributed by atoms with Gasteiger partial charge >= 0.3 is 0 Å². The summed E-state index contributed by atoms with van der Waals surface area (Å²) in [4.78, 5) is 4.54. The Kier molecular flexibility index (Phi) is 4.16. The number of thiocarbonyl (C=S) groups is 1. The van der Waals surface area contributed by atoms with Crippen LogP contribution in [-0.2, 0) is 0 Å². The molecular formula is C12H9BrClN3S. The van der Waals surface area contributed by atoms with Crippen LogP contribution in [0, 0.1) is 0 Å². The monoisotopic (exact) mass is 341 g/mol. The van der Waals surface area contributed by atoms with Gasteiger partial charge in [-0.05, 0) is 46.3 Å². The Morgan fingerprint density at radius 3 is 2.78 bits per heavy atom. The van der Waals surface area contributed by atoms with Gasteiger partial charge in [0.15, 0.2) is 0 Å². The maximum Gasteiger partial charge on any atom is 0.131 e. The molecule has 0 saturated carbocycles. The maximum absolute atomic E-state index is 5.88. The van der Waals surface area contributed by atoms with Crippen LogP contribution in [0.3, 0.4) is 0 Å². The first-order valence-corrected chi connectivity index (χ1v) is 6.62. The van der Waals surface area contributed by atoms with E-state index in [2.05, 4.69) is 26.2 Å². The van der Waals surface area contributed by atoms with Crippen molar-refractivity contribution >= 4 is 56.2 Å². The van der Waals surface area contributed by atoms with Crippen LogP contribution in [0.15, 0.2) is 41.0 Å². The molecule has 1 aromatic heterocycles. The van der Waals surface area contributed by atoms with E-state index >= 15 is 0 Å². The number of halogens is 2. The van der Waals surface area contributed by atoms with Gasteiger partial charge in [-0.3, -0.25) is 0 Å². The predicted molar refractivity (Wildman–Crippen MR) is 82.6 cm³/mol. The van der Waals surface area contributed by atoms with Crippen molar-refractivity contribution in [3.63, 3.8) is 0 Å². The summed E-state index contributed by atoms with van der Waals surface area (Å²) in [5.74, 6) is 0.670. The number of rotatable bonds is 3. The molecule has 0 atom stereocenters. The van der Waals surface area contributed by atoms with Crippen LogP contribution in [0.2, 0.25) is 5.02 Å². The molecule has 2 aromatic rings. The lowest BCUT2D eigenvalue weighted by Crippen LogP contribution is -2.09. The Bertz CT molecular complexity index is 604. The van der Waals surface area contributed by atoms with E-state index in [4.69, 9.17) is 29.6 Å². The van der Waals surface area contributed by atoms with Crippen molar-refractivity contribution in [3.05, 3.63) is 51.6 Å². The van der Waals surface area contributed by atoms with Crippen molar-refractivity contribution < 1.29 is 0 Å². The number of nitrogens with zero attached hydrogens (tertiary/aromatic N) is 1. The summed E-state index contributed by atoms with van der Waals surface area (Å²) >= 11 is 14.2. The minimum atomic E-state index is 0.343. The molecule has 0 aliphatic carbocycles. The van der Waals surface area contributed by atoms with Crippen LogP contribution in [0.4, 0.5) is 11.5 Å². The number of nitrogens with two attached hydrogens (primary N) is 1. The van der Waals surface area contributed by atoms with Crippen molar-refractivity contribution in [2.24, 2.45) is 5.73 Å². The van der Waals surface area contributed by atoms with Gasteiger partial charge in [0, 0.05) is 21.3 Å². The number of nitrogens with one attached hydrogen (secondary N) is 1. The first kappa shape index (κ1) is 13.3. The predicted octanol–water partition coefficient (Wildman–Crippen LogP) is 3.88. The van der Waals surface area contributed by atoms with Gasteiger partial charge in [0.1, 0.15) is 10.8 Å². The summed E-state index contributed by atoms with van der Waals surface area (Å²) in [6.45, 7) is 0. The number of hydrogen-bond acceptors (Lipinski definition) is 3. The smallest absolute Gasteiger partial charge is 0.131 e. The quantitative estimate of drug-likeness (QED) is 0.831. The van der Waals surface area contributed by atoms with Gasteiger partial charge in [0.05, 0.1) is 5.69 Å². The summed E-state index contributed by atoms with van der Waals surface area (Å²) in [5.41, 5.74) is 7.21. The lowest BCUT2D eigenvalue weighted by Gasteiger charge is -2.09. The molecule has 0 amide bonds. The summed E-state index contributed by atoms with van der Waals surface area (Å²) < 4.78 is 0.859. The number of anilines is 2. The van der Waals surface area contributed by atoms with E-state index in [0.29, 0.717) is 15.8 Å². The Morgan fingerprint density at radius 2 is 2.11 bits per heavy atom. The summed E-state index contributed by atoms with van der Waals surface area (Å²) in [6.07, 6.45) is 1.65. The fourth-order valence-electron chi connectivity index (χ4n) is 1.38. The number of hydrogen-bond donors (Lipinski definition) is 2. The SMILES string of the molecule is NC(=S)c1ccnc(Nc2ccc(Cl)cc2Br)c1. The van der Waals surface area contributed by atoms with Gasteiger partial charge in [-0.1, -0.05) is 23.8 Å². The molecule has 0 saturated heterocycles. The number of benzene rings is 1. The zero-order valence-electron chi connectivity index (χ0n) is 9.15. The van der Waals surface area contributed by atoms with Crippen molar-refractivity contribution in [2.75, 3.05) is 5.32 Å². The highest BCUT2D eigenvalue weighted by Crippen LogP contribution is 2.28. The third-order valence-electron chi connectivity index (χ3n) is 2.24. The van der Waals surface area contributed by atoms with Crippen molar-refractivity contribution in [1.29, 1.82) is 0 Å². The van der Waals surface area contributed by atoms with Crippen molar-refractivity contribution in [3.8, 4) is 0 Å². The Labute approximate surface area is 123 Å². The average Bonchev–Trinajstić information content (AvgIpc) is 2.33. The molecule has 0 bridgehead atoms. The number of pyridine rings is 1. The molecule has 0 aliphatic rings. The summed E-state index contributed by atoms with van der Waals surface area (Å²) in [7, 11) is 0. The van der Waals surface area contributed by atoms with E-state index in [0.717, 1.165) is 15.7 Å². The molecular weight excluding hydrogens is 334 g/mol.